The average Bonchev–Trinajstić information content (AvgIpc) is 3.12. The molecule has 0 N–H and O–H groups in total. The highest BCUT2D eigenvalue weighted by Gasteiger charge is 2.38. The van der Waals surface area contributed by atoms with Crippen molar-refractivity contribution in [2.75, 3.05) is 19.6 Å². The SMILES string of the molecule is O=S(=O)(N1CC1)N1CCc2ccccc2C1. The number of nitrogens with zero attached hydrogens (tertiary/aromatic N) is 2. The fourth-order valence-corrected chi connectivity index (χ4v) is 3.60. The predicted octanol–water partition coefficient (Wildman–Crippen LogP) is 0.605. The van der Waals surface area contributed by atoms with Crippen molar-refractivity contribution in [3.8, 4) is 0 Å². The summed E-state index contributed by atoms with van der Waals surface area (Å²) in [6.45, 7) is 2.49. The number of benzene rings is 1. The van der Waals surface area contributed by atoms with Crippen LogP contribution in [0, 0.1) is 0 Å². The summed E-state index contributed by atoms with van der Waals surface area (Å²) in [5.74, 6) is 0. The Labute approximate surface area is 95.7 Å². The van der Waals surface area contributed by atoms with Crippen molar-refractivity contribution < 1.29 is 8.42 Å². The minimum Gasteiger partial charge on any atom is -0.195 e. The Balaban J connectivity index is 1.88. The molecule has 0 unspecified atom stereocenters. The van der Waals surface area contributed by atoms with E-state index >= 15 is 0 Å². The second-order valence-corrected chi connectivity index (χ2v) is 6.19. The molecule has 0 amide bonds. The molecule has 0 spiro atoms. The van der Waals surface area contributed by atoms with Gasteiger partial charge in [0, 0.05) is 26.2 Å². The van der Waals surface area contributed by atoms with Gasteiger partial charge in [0.25, 0.3) is 10.2 Å². The molecule has 1 fully saturated rings. The van der Waals surface area contributed by atoms with Crippen molar-refractivity contribution in [3.63, 3.8) is 0 Å². The van der Waals surface area contributed by atoms with E-state index in [1.807, 2.05) is 18.2 Å². The largest absolute Gasteiger partial charge is 0.282 e. The van der Waals surface area contributed by atoms with Gasteiger partial charge in [0.15, 0.2) is 0 Å². The highest BCUT2D eigenvalue weighted by Crippen LogP contribution is 2.24. The van der Waals surface area contributed by atoms with Crippen LogP contribution in [0.3, 0.4) is 0 Å². The summed E-state index contributed by atoms with van der Waals surface area (Å²) in [4.78, 5) is 0. The molecule has 1 saturated heterocycles. The molecule has 3 rings (SSSR count). The Morgan fingerprint density at radius 2 is 1.62 bits per heavy atom. The number of hydrogen-bond donors (Lipinski definition) is 0. The van der Waals surface area contributed by atoms with E-state index in [-0.39, 0.29) is 0 Å². The molecule has 0 saturated carbocycles. The van der Waals surface area contributed by atoms with Crippen LogP contribution in [0.1, 0.15) is 11.1 Å². The lowest BCUT2D eigenvalue weighted by atomic mass is 10.0. The van der Waals surface area contributed by atoms with Crippen molar-refractivity contribution >= 4 is 10.2 Å². The molecular formula is C11H14N2O2S. The Morgan fingerprint density at radius 1 is 0.938 bits per heavy atom. The smallest absolute Gasteiger partial charge is 0.195 e. The third-order valence-corrected chi connectivity index (χ3v) is 5.14. The second kappa shape index (κ2) is 3.55. The first-order valence-electron chi connectivity index (χ1n) is 5.50. The van der Waals surface area contributed by atoms with E-state index < -0.39 is 10.2 Å². The third kappa shape index (κ3) is 1.65. The molecule has 86 valence electrons. The molecule has 4 nitrogen and oxygen atoms in total. The number of rotatable bonds is 2. The molecule has 0 aliphatic carbocycles. The van der Waals surface area contributed by atoms with Gasteiger partial charge in [-0.25, -0.2) is 0 Å². The van der Waals surface area contributed by atoms with E-state index in [0.29, 0.717) is 26.2 Å². The van der Waals surface area contributed by atoms with E-state index in [1.165, 1.54) is 9.87 Å². The molecule has 0 radical (unpaired) electrons. The zero-order valence-electron chi connectivity index (χ0n) is 8.96. The van der Waals surface area contributed by atoms with Gasteiger partial charge in [0.05, 0.1) is 0 Å². The topological polar surface area (TPSA) is 40.4 Å². The lowest BCUT2D eigenvalue weighted by molar-refractivity contribution is 0.373. The van der Waals surface area contributed by atoms with Crippen molar-refractivity contribution in [2.45, 2.75) is 13.0 Å². The molecule has 1 aromatic rings. The normalized spacial score (nSPS) is 21.8. The standard InChI is InChI=1S/C11H14N2O2S/c14-16(15,12-7-8-12)13-6-5-10-3-1-2-4-11(10)9-13/h1-4H,5-9H2. The molecular weight excluding hydrogens is 224 g/mol. The van der Waals surface area contributed by atoms with Crippen LogP contribution in [-0.2, 0) is 23.2 Å². The maximum Gasteiger partial charge on any atom is 0.282 e. The summed E-state index contributed by atoms with van der Waals surface area (Å²) in [6, 6.07) is 8.07. The van der Waals surface area contributed by atoms with Crippen molar-refractivity contribution in [1.29, 1.82) is 0 Å². The molecule has 2 aliphatic heterocycles. The lowest BCUT2D eigenvalue weighted by Gasteiger charge is -2.28. The summed E-state index contributed by atoms with van der Waals surface area (Å²) < 4.78 is 27.1. The van der Waals surface area contributed by atoms with Gasteiger partial charge in [-0.3, -0.25) is 0 Å². The van der Waals surface area contributed by atoms with Gasteiger partial charge >= 0.3 is 0 Å². The van der Waals surface area contributed by atoms with Gasteiger partial charge in [-0.05, 0) is 17.5 Å². The molecule has 0 atom stereocenters. The summed E-state index contributed by atoms with van der Waals surface area (Å²) in [6.07, 6.45) is 0.823. The van der Waals surface area contributed by atoms with Gasteiger partial charge in [-0.1, -0.05) is 24.3 Å². The molecule has 16 heavy (non-hydrogen) atoms. The Hall–Kier alpha value is -0.910. The summed E-state index contributed by atoms with van der Waals surface area (Å²) >= 11 is 0. The highest BCUT2D eigenvalue weighted by molar-refractivity contribution is 7.87. The van der Waals surface area contributed by atoms with Crippen LogP contribution >= 0.6 is 0 Å². The average molecular weight is 238 g/mol. The number of fused-ring (bicyclic) bond motifs is 1. The zero-order valence-corrected chi connectivity index (χ0v) is 9.78. The first kappa shape index (κ1) is 10.3. The summed E-state index contributed by atoms with van der Waals surface area (Å²) in [7, 11) is -3.16. The molecule has 2 heterocycles. The van der Waals surface area contributed by atoms with Gasteiger partial charge in [0.1, 0.15) is 0 Å². The van der Waals surface area contributed by atoms with Gasteiger partial charge < -0.3 is 0 Å². The highest BCUT2D eigenvalue weighted by atomic mass is 32.2. The predicted molar refractivity (Wildman–Crippen MR) is 61.0 cm³/mol. The monoisotopic (exact) mass is 238 g/mol. The first-order valence-corrected chi connectivity index (χ1v) is 6.89. The van der Waals surface area contributed by atoms with E-state index in [9.17, 15) is 8.42 Å². The van der Waals surface area contributed by atoms with Crippen LogP contribution < -0.4 is 0 Å². The van der Waals surface area contributed by atoms with E-state index in [1.54, 1.807) is 4.31 Å². The van der Waals surface area contributed by atoms with Crippen LogP contribution in [0.2, 0.25) is 0 Å². The quantitative estimate of drug-likeness (QED) is 0.708. The van der Waals surface area contributed by atoms with Crippen LogP contribution in [0.4, 0.5) is 0 Å². The van der Waals surface area contributed by atoms with Crippen molar-refractivity contribution in [2.24, 2.45) is 0 Å². The second-order valence-electron chi connectivity index (χ2n) is 4.26. The third-order valence-electron chi connectivity index (χ3n) is 3.15. The maximum atomic E-state index is 12.0. The minimum absolute atomic E-state index is 0.523. The molecule has 2 aliphatic rings. The van der Waals surface area contributed by atoms with Crippen LogP contribution in [-0.4, -0.2) is 36.7 Å². The van der Waals surface area contributed by atoms with Crippen LogP contribution in [0.5, 0.6) is 0 Å². The van der Waals surface area contributed by atoms with Gasteiger partial charge in [-0.2, -0.15) is 17.0 Å². The first-order chi connectivity index (χ1) is 7.68. The maximum absolute atomic E-state index is 12.0. The van der Waals surface area contributed by atoms with Crippen molar-refractivity contribution in [1.82, 2.24) is 8.61 Å². The zero-order chi connectivity index (χ0) is 11.2. The van der Waals surface area contributed by atoms with Crippen molar-refractivity contribution in [3.05, 3.63) is 35.4 Å². The lowest BCUT2D eigenvalue weighted by Crippen LogP contribution is -2.39. The Kier molecular flexibility index (Phi) is 2.27. The molecule has 5 heteroatoms. The van der Waals surface area contributed by atoms with Crippen LogP contribution in [0.25, 0.3) is 0 Å². The Bertz CT molecular complexity index is 508. The minimum atomic E-state index is -3.16. The van der Waals surface area contributed by atoms with E-state index in [0.717, 1.165) is 12.0 Å². The van der Waals surface area contributed by atoms with Gasteiger partial charge in [-0.15, -0.1) is 0 Å². The molecule has 0 aromatic heterocycles. The summed E-state index contributed by atoms with van der Waals surface area (Å²) in [5, 5.41) is 0. The Morgan fingerprint density at radius 3 is 2.31 bits per heavy atom. The summed E-state index contributed by atoms with van der Waals surface area (Å²) in [5.41, 5.74) is 2.42. The number of hydrogen-bond acceptors (Lipinski definition) is 2. The van der Waals surface area contributed by atoms with Crippen LogP contribution in [0.15, 0.2) is 24.3 Å². The van der Waals surface area contributed by atoms with E-state index in [4.69, 9.17) is 0 Å². The molecule has 1 aromatic carbocycles. The fraction of sp³-hybridized carbons (Fsp3) is 0.455. The van der Waals surface area contributed by atoms with Gasteiger partial charge in [0.2, 0.25) is 0 Å². The molecule has 0 bridgehead atoms. The fourth-order valence-electron chi connectivity index (χ4n) is 2.10. The van der Waals surface area contributed by atoms with E-state index in [2.05, 4.69) is 6.07 Å².